The van der Waals surface area contributed by atoms with Crippen LogP contribution in [0.2, 0.25) is 0 Å². The topological polar surface area (TPSA) is 29.3 Å². The Morgan fingerprint density at radius 2 is 2.21 bits per heavy atom. The molecule has 0 N–H and O–H groups in total. The van der Waals surface area contributed by atoms with Crippen molar-refractivity contribution in [2.24, 2.45) is 0 Å². The number of aryl methyl sites for hydroxylation is 3. The summed E-state index contributed by atoms with van der Waals surface area (Å²) in [6.45, 7) is 8.47. The van der Waals surface area contributed by atoms with E-state index in [1.54, 1.807) is 0 Å². The molecule has 1 fully saturated rings. The first kappa shape index (κ1) is 12.9. The van der Waals surface area contributed by atoms with E-state index < -0.39 is 0 Å². The summed E-state index contributed by atoms with van der Waals surface area (Å²) in [5, 5.41) is 4.11. The number of likely N-dealkylation sites (tertiary alicyclic amines) is 1. The van der Waals surface area contributed by atoms with Crippen molar-refractivity contribution < 1.29 is 4.52 Å². The largest absolute Gasteiger partial charge is 0.361 e. The van der Waals surface area contributed by atoms with Crippen molar-refractivity contribution in [1.82, 2.24) is 10.1 Å². The van der Waals surface area contributed by atoms with Crippen LogP contribution in [0.4, 0.5) is 0 Å². The van der Waals surface area contributed by atoms with E-state index in [2.05, 4.69) is 36.0 Å². The number of aromatic nitrogens is 1. The molecule has 0 amide bonds. The fourth-order valence-corrected chi connectivity index (χ4v) is 3.99. The second-order valence-corrected chi connectivity index (χ2v) is 6.75. The molecule has 3 heterocycles. The lowest BCUT2D eigenvalue weighted by Crippen LogP contribution is -2.23. The molecule has 1 unspecified atom stereocenters. The highest BCUT2D eigenvalue weighted by molar-refractivity contribution is 7.11. The highest BCUT2D eigenvalue weighted by Crippen LogP contribution is 2.37. The fraction of sp³-hybridized carbons (Fsp3) is 0.533. The first-order chi connectivity index (χ1) is 9.15. The van der Waals surface area contributed by atoms with Crippen LogP contribution in [0, 0.1) is 20.8 Å². The Bertz CT molecular complexity index is 553. The van der Waals surface area contributed by atoms with E-state index in [1.165, 1.54) is 34.7 Å². The molecule has 2 aromatic heterocycles. The van der Waals surface area contributed by atoms with E-state index >= 15 is 0 Å². The third-order valence-electron chi connectivity index (χ3n) is 3.94. The first-order valence-corrected chi connectivity index (χ1v) is 7.69. The summed E-state index contributed by atoms with van der Waals surface area (Å²) >= 11 is 1.90. The molecule has 0 spiro atoms. The summed E-state index contributed by atoms with van der Waals surface area (Å²) in [5.41, 5.74) is 2.36. The molecule has 1 aliphatic heterocycles. The predicted octanol–water partition coefficient (Wildman–Crippen LogP) is 4.00. The lowest BCUT2D eigenvalue weighted by molar-refractivity contribution is 0.248. The van der Waals surface area contributed by atoms with Crippen LogP contribution < -0.4 is 0 Å². The number of rotatable bonds is 3. The van der Waals surface area contributed by atoms with Gasteiger partial charge in [-0.1, -0.05) is 5.16 Å². The van der Waals surface area contributed by atoms with Gasteiger partial charge in [0.15, 0.2) is 0 Å². The van der Waals surface area contributed by atoms with Gasteiger partial charge >= 0.3 is 0 Å². The van der Waals surface area contributed by atoms with Crippen molar-refractivity contribution >= 4 is 11.3 Å². The monoisotopic (exact) mass is 276 g/mol. The summed E-state index contributed by atoms with van der Waals surface area (Å²) < 4.78 is 5.34. The third-order valence-corrected chi connectivity index (χ3v) is 4.93. The summed E-state index contributed by atoms with van der Waals surface area (Å²) in [6, 6.07) is 4.94. The molecule has 0 aliphatic carbocycles. The minimum Gasteiger partial charge on any atom is -0.361 e. The maximum absolute atomic E-state index is 5.34. The fourth-order valence-electron chi connectivity index (χ4n) is 3.08. The molecule has 0 aromatic carbocycles. The highest BCUT2D eigenvalue weighted by atomic mass is 32.1. The molecule has 3 rings (SSSR count). The summed E-state index contributed by atoms with van der Waals surface area (Å²) in [7, 11) is 0. The van der Waals surface area contributed by atoms with Crippen LogP contribution in [-0.4, -0.2) is 16.6 Å². The number of thiophene rings is 1. The summed E-state index contributed by atoms with van der Waals surface area (Å²) in [5.74, 6) is 0.983. The molecule has 19 heavy (non-hydrogen) atoms. The minimum atomic E-state index is 0.480. The van der Waals surface area contributed by atoms with E-state index in [4.69, 9.17) is 4.52 Å². The van der Waals surface area contributed by atoms with Crippen molar-refractivity contribution in [2.75, 3.05) is 6.54 Å². The molecule has 2 aromatic rings. The lowest BCUT2D eigenvalue weighted by atomic mass is 10.0. The SMILES string of the molecule is Cc1ccc(CN2CCCC2c2c(C)noc2C)s1. The van der Waals surface area contributed by atoms with Crippen molar-refractivity contribution in [3.05, 3.63) is 38.9 Å². The molecule has 0 bridgehead atoms. The highest BCUT2D eigenvalue weighted by Gasteiger charge is 2.30. The van der Waals surface area contributed by atoms with Gasteiger partial charge in [0.25, 0.3) is 0 Å². The predicted molar refractivity (Wildman–Crippen MR) is 77.4 cm³/mol. The van der Waals surface area contributed by atoms with Gasteiger partial charge in [-0.05, 0) is 52.3 Å². The smallest absolute Gasteiger partial charge is 0.138 e. The average Bonchev–Trinajstić information content (AvgIpc) is 3.04. The Kier molecular flexibility index (Phi) is 3.46. The Morgan fingerprint density at radius 3 is 2.84 bits per heavy atom. The van der Waals surface area contributed by atoms with Crippen molar-refractivity contribution in [3.63, 3.8) is 0 Å². The standard InChI is InChI=1S/C15H20N2OS/c1-10-6-7-13(19-10)9-17-8-4-5-14(17)15-11(2)16-18-12(15)3/h6-7,14H,4-5,8-9H2,1-3H3. The van der Waals surface area contributed by atoms with Gasteiger partial charge in [0.05, 0.1) is 5.69 Å². The quantitative estimate of drug-likeness (QED) is 0.848. The first-order valence-electron chi connectivity index (χ1n) is 6.87. The van der Waals surface area contributed by atoms with Crippen molar-refractivity contribution in [2.45, 2.75) is 46.2 Å². The maximum atomic E-state index is 5.34. The van der Waals surface area contributed by atoms with E-state index in [0.29, 0.717) is 6.04 Å². The third kappa shape index (κ3) is 2.47. The van der Waals surface area contributed by atoms with Gasteiger partial charge in [-0.3, -0.25) is 4.90 Å². The molecular formula is C15H20N2OS. The summed E-state index contributed by atoms with van der Waals surface area (Å²) in [4.78, 5) is 5.41. The van der Waals surface area contributed by atoms with Crippen molar-refractivity contribution in [1.29, 1.82) is 0 Å². The van der Waals surface area contributed by atoms with Crippen molar-refractivity contribution in [3.8, 4) is 0 Å². The van der Waals surface area contributed by atoms with Crippen LogP contribution in [0.25, 0.3) is 0 Å². The average molecular weight is 276 g/mol. The van der Waals surface area contributed by atoms with Gasteiger partial charge in [-0.15, -0.1) is 11.3 Å². The molecule has 3 nitrogen and oxygen atoms in total. The molecule has 1 saturated heterocycles. The summed E-state index contributed by atoms with van der Waals surface area (Å²) in [6.07, 6.45) is 2.48. The molecule has 1 atom stereocenters. The Balaban J connectivity index is 1.82. The van der Waals surface area contributed by atoms with E-state index in [9.17, 15) is 0 Å². The Labute approximate surface area is 118 Å². The lowest BCUT2D eigenvalue weighted by Gasteiger charge is -2.23. The van der Waals surface area contributed by atoms with Gasteiger partial charge in [-0.25, -0.2) is 0 Å². The van der Waals surface area contributed by atoms with Crippen LogP contribution in [0.3, 0.4) is 0 Å². The van der Waals surface area contributed by atoms with Crippen LogP contribution >= 0.6 is 11.3 Å². The Morgan fingerprint density at radius 1 is 1.37 bits per heavy atom. The molecular weight excluding hydrogens is 256 g/mol. The Hall–Kier alpha value is -1.13. The van der Waals surface area contributed by atoms with E-state index in [1.807, 2.05) is 18.3 Å². The zero-order chi connectivity index (χ0) is 13.4. The minimum absolute atomic E-state index is 0.480. The zero-order valence-electron chi connectivity index (χ0n) is 11.8. The molecule has 0 saturated carbocycles. The van der Waals surface area contributed by atoms with E-state index in [-0.39, 0.29) is 0 Å². The van der Waals surface area contributed by atoms with E-state index in [0.717, 1.165) is 18.0 Å². The number of hydrogen-bond acceptors (Lipinski definition) is 4. The second-order valence-electron chi connectivity index (χ2n) is 5.38. The van der Waals surface area contributed by atoms with Gasteiger partial charge in [0.2, 0.25) is 0 Å². The number of hydrogen-bond donors (Lipinski definition) is 0. The maximum Gasteiger partial charge on any atom is 0.138 e. The molecule has 0 radical (unpaired) electrons. The number of nitrogens with zero attached hydrogens (tertiary/aromatic N) is 2. The molecule has 1 aliphatic rings. The second kappa shape index (κ2) is 5.10. The normalized spacial score (nSPS) is 20.3. The van der Waals surface area contributed by atoms with Gasteiger partial charge in [0, 0.05) is 27.9 Å². The van der Waals surface area contributed by atoms with Crippen LogP contribution in [-0.2, 0) is 6.54 Å². The molecule has 4 heteroatoms. The van der Waals surface area contributed by atoms with Gasteiger partial charge in [-0.2, -0.15) is 0 Å². The van der Waals surface area contributed by atoms with Crippen LogP contribution in [0.15, 0.2) is 16.7 Å². The van der Waals surface area contributed by atoms with Crippen LogP contribution in [0.1, 0.15) is 45.7 Å². The molecule has 102 valence electrons. The van der Waals surface area contributed by atoms with Crippen LogP contribution in [0.5, 0.6) is 0 Å². The van der Waals surface area contributed by atoms with Gasteiger partial charge < -0.3 is 4.52 Å². The van der Waals surface area contributed by atoms with Gasteiger partial charge in [0.1, 0.15) is 5.76 Å². The zero-order valence-corrected chi connectivity index (χ0v) is 12.6.